The molecule has 0 fully saturated rings. The van der Waals surface area contributed by atoms with Crippen LogP contribution in [0.25, 0.3) is 0 Å². The van der Waals surface area contributed by atoms with Crippen LogP contribution in [0.3, 0.4) is 0 Å². The highest BCUT2D eigenvalue weighted by atomic mass is 19.1. The van der Waals surface area contributed by atoms with Crippen molar-refractivity contribution in [3.8, 4) is 0 Å². The molecule has 0 amide bonds. The van der Waals surface area contributed by atoms with E-state index in [0.717, 1.165) is 6.42 Å². The molecule has 0 saturated heterocycles. The Balaban J connectivity index is 2.24. The molecule has 0 aliphatic carbocycles. The Morgan fingerprint density at radius 3 is 2.63 bits per heavy atom. The third-order valence-electron chi connectivity index (χ3n) is 3.54. The zero-order chi connectivity index (χ0) is 13.8. The molecule has 3 heteroatoms. The van der Waals surface area contributed by atoms with Gasteiger partial charge < -0.3 is 5.32 Å². The molecule has 1 atom stereocenters. The lowest BCUT2D eigenvalue weighted by molar-refractivity contribution is 0.530. The van der Waals surface area contributed by atoms with Crippen LogP contribution in [-0.2, 0) is 6.42 Å². The summed E-state index contributed by atoms with van der Waals surface area (Å²) in [6, 6.07) is 8.08. The van der Waals surface area contributed by atoms with E-state index in [2.05, 4.69) is 42.3 Å². The third-order valence-corrected chi connectivity index (χ3v) is 3.54. The molecule has 0 radical (unpaired) electrons. The molecule has 1 heterocycles. The van der Waals surface area contributed by atoms with Gasteiger partial charge in [-0.15, -0.1) is 0 Å². The number of rotatable bonds is 4. The van der Waals surface area contributed by atoms with Crippen LogP contribution in [0.2, 0.25) is 0 Å². The SMILES string of the molecule is CNC(Cc1ccc(C)c(C)c1)c1ccncc1F. The molecule has 1 aromatic heterocycles. The third kappa shape index (κ3) is 3.18. The predicted octanol–water partition coefficient (Wildman–Crippen LogP) is 3.34. The zero-order valence-corrected chi connectivity index (χ0v) is 11.6. The van der Waals surface area contributed by atoms with Gasteiger partial charge >= 0.3 is 0 Å². The number of halogens is 1. The number of pyridine rings is 1. The molecule has 1 N–H and O–H groups in total. The minimum Gasteiger partial charge on any atom is -0.313 e. The Morgan fingerprint density at radius 1 is 1.21 bits per heavy atom. The number of benzene rings is 1. The second-order valence-corrected chi connectivity index (χ2v) is 4.86. The summed E-state index contributed by atoms with van der Waals surface area (Å²) in [6.45, 7) is 4.19. The zero-order valence-electron chi connectivity index (χ0n) is 11.6. The first-order valence-electron chi connectivity index (χ1n) is 6.44. The molecule has 1 aromatic carbocycles. The van der Waals surface area contributed by atoms with E-state index in [1.165, 1.54) is 22.9 Å². The van der Waals surface area contributed by atoms with Crippen LogP contribution in [0.15, 0.2) is 36.7 Å². The van der Waals surface area contributed by atoms with E-state index in [4.69, 9.17) is 0 Å². The van der Waals surface area contributed by atoms with Crippen LogP contribution in [0, 0.1) is 19.7 Å². The van der Waals surface area contributed by atoms with E-state index < -0.39 is 0 Å². The number of likely N-dealkylation sites (N-methyl/N-ethyl adjacent to an activating group) is 1. The average molecular weight is 258 g/mol. The minimum absolute atomic E-state index is 0.0369. The normalized spacial score (nSPS) is 12.4. The number of nitrogens with zero attached hydrogens (tertiary/aromatic N) is 1. The van der Waals surface area contributed by atoms with Gasteiger partial charge in [0.05, 0.1) is 6.20 Å². The van der Waals surface area contributed by atoms with Gasteiger partial charge in [-0.05, 0) is 50.1 Å². The van der Waals surface area contributed by atoms with Gasteiger partial charge in [-0.3, -0.25) is 4.98 Å². The van der Waals surface area contributed by atoms with Gasteiger partial charge in [0.25, 0.3) is 0 Å². The predicted molar refractivity (Wildman–Crippen MR) is 75.6 cm³/mol. The largest absolute Gasteiger partial charge is 0.313 e. The van der Waals surface area contributed by atoms with Crippen molar-refractivity contribution in [2.24, 2.45) is 0 Å². The first kappa shape index (κ1) is 13.7. The Kier molecular flexibility index (Phi) is 4.27. The van der Waals surface area contributed by atoms with E-state index in [0.29, 0.717) is 5.56 Å². The minimum atomic E-state index is -0.259. The Morgan fingerprint density at radius 2 is 2.00 bits per heavy atom. The van der Waals surface area contributed by atoms with Crippen LogP contribution in [0.4, 0.5) is 4.39 Å². The van der Waals surface area contributed by atoms with Gasteiger partial charge in [0.2, 0.25) is 0 Å². The van der Waals surface area contributed by atoms with E-state index in [1.807, 2.05) is 7.05 Å². The standard InChI is InChI=1S/C16H19FN2/c1-11-4-5-13(8-12(11)2)9-16(18-3)14-6-7-19-10-15(14)17/h4-8,10,16,18H,9H2,1-3H3. The fraction of sp³-hybridized carbons (Fsp3) is 0.312. The van der Waals surface area contributed by atoms with E-state index in [-0.39, 0.29) is 11.9 Å². The van der Waals surface area contributed by atoms with Crippen LogP contribution in [-0.4, -0.2) is 12.0 Å². The quantitative estimate of drug-likeness (QED) is 0.909. The lowest BCUT2D eigenvalue weighted by atomic mass is 9.97. The van der Waals surface area contributed by atoms with E-state index >= 15 is 0 Å². The van der Waals surface area contributed by atoms with Crippen molar-refractivity contribution in [3.05, 3.63) is 64.7 Å². The van der Waals surface area contributed by atoms with Crippen molar-refractivity contribution < 1.29 is 4.39 Å². The van der Waals surface area contributed by atoms with Crippen molar-refractivity contribution in [3.63, 3.8) is 0 Å². The van der Waals surface area contributed by atoms with Crippen LogP contribution >= 0.6 is 0 Å². The number of aromatic nitrogens is 1. The second-order valence-electron chi connectivity index (χ2n) is 4.86. The maximum absolute atomic E-state index is 13.8. The molecule has 0 saturated carbocycles. The van der Waals surface area contributed by atoms with Gasteiger partial charge in [-0.2, -0.15) is 0 Å². The molecule has 2 aromatic rings. The van der Waals surface area contributed by atoms with Gasteiger partial charge in [0, 0.05) is 17.8 Å². The molecule has 19 heavy (non-hydrogen) atoms. The van der Waals surface area contributed by atoms with Crippen LogP contribution < -0.4 is 5.32 Å². The Labute approximate surface area is 113 Å². The fourth-order valence-electron chi connectivity index (χ4n) is 2.20. The molecule has 0 aliphatic rings. The summed E-state index contributed by atoms with van der Waals surface area (Å²) in [7, 11) is 1.85. The maximum Gasteiger partial charge on any atom is 0.146 e. The lowest BCUT2D eigenvalue weighted by Gasteiger charge is -2.17. The van der Waals surface area contributed by atoms with Crippen molar-refractivity contribution in [2.75, 3.05) is 7.05 Å². The van der Waals surface area contributed by atoms with E-state index in [1.54, 1.807) is 12.3 Å². The van der Waals surface area contributed by atoms with Crippen LogP contribution in [0.1, 0.15) is 28.3 Å². The first-order chi connectivity index (χ1) is 9.11. The molecule has 1 unspecified atom stereocenters. The first-order valence-corrected chi connectivity index (χ1v) is 6.44. The summed E-state index contributed by atoms with van der Waals surface area (Å²) in [6.07, 6.45) is 3.65. The summed E-state index contributed by atoms with van der Waals surface area (Å²) in [5, 5.41) is 3.17. The number of nitrogens with one attached hydrogen (secondary N) is 1. The number of aryl methyl sites for hydroxylation is 2. The van der Waals surface area contributed by atoms with Gasteiger partial charge in [0.1, 0.15) is 5.82 Å². The van der Waals surface area contributed by atoms with Crippen molar-refractivity contribution in [2.45, 2.75) is 26.3 Å². The molecule has 0 spiro atoms. The Bertz CT molecular complexity index is 566. The van der Waals surface area contributed by atoms with E-state index in [9.17, 15) is 4.39 Å². The molecule has 2 nitrogen and oxygen atoms in total. The molecule has 0 aliphatic heterocycles. The van der Waals surface area contributed by atoms with Gasteiger partial charge in [-0.25, -0.2) is 4.39 Å². The summed E-state index contributed by atoms with van der Waals surface area (Å²) in [5.41, 5.74) is 4.41. The van der Waals surface area contributed by atoms with Crippen molar-refractivity contribution in [1.82, 2.24) is 10.3 Å². The highest BCUT2D eigenvalue weighted by Crippen LogP contribution is 2.21. The summed E-state index contributed by atoms with van der Waals surface area (Å²) < 4.78 is 13.8. The maximum atomic E-state index is 13.8. The number of hydrogen-bond donors (Lipinski definition) is 1. The highest BCUT2D eigenvalue weighted by molar-refractivity contribution is 5.31. The van der Waals surface area contributed by atoms with Gasteiger partial charge in [-0.1, -0.05) is 18.2 Å². The topological polar surface area (TPSA) is 24.9 Å². The molecular weight excluding hydrogens is 239 g/mol. The van der Waals surface area contributed by atoms with Crippen LogP contribution in [0.5, 0.6) is 0 Å². The molecule has 2 rings (SSSR count). The average Bonchev–Trinajstić information content (AvgIpc) is 2.41. The van der Waals surface area contributed by atoms with Crippen molar-refractivity contribution >= 4 is 0 Å². The fourth-order valence-corrected chi connectivity index (χ4v) is 2.20. The Hall–Kier alpha value is -1.74. The monoisotopic (exact) mass is 258 g/mol. The molecule has 100 valence electrons. The second kappa shape index (κ2) is 5.93. The lowest BCUT2D eigenvalue weighted by Crippen LogP contribution is -2.20. The summed E-state index contributed by atoms with van der Waals surface area (Å²) in [4.78, 5) is 3.79. The van der Waals surface area contributed by atoms with Gasteiger partial charge in [0.15, 0.2) is 0 Å². The highest BCUT2D eigenvalue weighted by Gasteiger charge is 2.14. The molecular formula is C16H19FN2. The van der Waals surface area contributed by atoms with Crippen molar-refractivity contribution in [1.29, 1.82) is 0 Å². The molecule has 0 bridgehead atoms. The smallest absolute Gasteiger partial charge is 0.146 e. The summed E-state index contributed by atoms with van der Waals surface area (Å²) >= 11 is 0. The number of hydrogen-bond acceptors (Lipinski definition) is 2. The summed E-state index contributed by atoms with van der Waals surface area (Å²) in [5.74, 6) is -0.259.